The Labute approximate surface area is 119 Å². The Bertz CT molecular complexity index is 587. The first-order chi connectivity index (χ1) is 9.20. The molecule has 2 aromatic carbocycles. The van der Waals surface area contributed by atoms with Crippen LogP contribution in [0.5, 0.6) is 0 Å². The van der Waals surface area contributed by atoms with E-state index in [9.17, 15) is 0 Å². The number of hydrogen-bond donors (Lipinski definition) is 1. The summed E-state index contributed by atoms with van der Waals surface area (Å²) in [4.78, 5) is 0. The minimum Gasteiger partial charge on any atom is -0.315 e. The van der Waals surface area contributed by atoms with Gasteiger partial charge in [0.1, 0.15) is 0 Å². The zero-order chi connectivity index (χ0) is 13.3. The molecule has 0 atom stereocenters. The molecule has 98 valence electrons. The molecule has 2 heteroatoms. The minimum atomic E-state index is 0.159. The van der Waals surface area contributed by atoms with Crippen molar-refractivity contribution in [1.82, 2.24) is 5.32 Å². The van der Waals surface area contributed by atoms with Crippen LogP contribution in [0.2, 0.25) is 5.02 Å². The summed E-state index contributed by atoms with van der Waals surface area (Å²) in [5.41, 5.74) is 4.14. The number of benzene rings is 2. The molecular formula is C17H18ClN. The van der Waals surface area contributed by atoms with E-state index < -0.39 is 0 Å². The molecule has 0 aromatic heterocycles. The molecule has 0 spiro atoms. The molecule has 1 heterocycles. The SMILES string of the molecule is Cc1cccc(CC2(c3ccccc3Cl)CNC2)c1. The average Bonchev–Trinajstić information content (AvgIpc) is 2.35. The van der Waals surface area contributed by atoms with Gasteiger partial charge in [-0.05, 0) is 30.5 Å². The second kappa shape index (κ2) is 4.99. The number of hydrogen-bond acceptors (Lipinski definition) is 1. The second-order valence-corrected chi connectivity index (χ2v) is 5.94. The first kappa shape index (κ1) is 12.7. The molecule has 0 radical (unpaired) electrons. The standard InChI is InChI=1S/C17H18ClN/c1-13-5-4-6-14(9-13)10-17(11-19-12-17)15-7-2-3-8-16(15)18/h2-9,19H,10-12H2,1H3. The van der Waals surface area contributed by atoms with E-state index in [0.717, 1.165) is 24.5 Å². The van der Waals surface area contributed by atoms with Gasteiger partial charge in [-0.1, -0.05) is 59.6 Å². The van der Waals surface area contributed by atoms with Crippen LogP contribution in [-0.4, -0.2) is 13.1 Å². The smallest absolute Gasteiger partial charge is 0.0444 e. The fourth-order valence-electron chi connectivity index (χ4n) is 2.94. The van der Waals surface area contributed by atoms with Gasteiger partial charge in [0.25, 0.3) is 0 Å². The van der Waals surface area contributed by atoms with E-state index in [2.05, 4.69) is 48.6 Å². The summed E-state index contributed by atoms with van der Waals surface area (Å²) in [6, 6.07) is 17.0. The lowest BCUT2D eigenvalue weighted by atomic mass is 9.71. The van der Waals surface area contributed by atoms with Gasteiger partial charge in [0, 0.05) is 23.5 Å². The van der Waals surface area contributed by atoms with E-state index in [-0.39, 0.29) is 5.41 Å². The van der Waals surface area contributed by atoms with E-state index in [0.29, 0.717) is 0 Å². The zero-order valence-corrected chi connectivity index (χ0v) is 11.9. The Morgan fingerprint density at radius 3 is 2.53 bits per heavy atom. The highest BCUT2D eigenvalue weighted by atomic mass is 35.5. The molecule has 1 fully saturated rings. The fraction of sp³-hybridized carbons (Fsp3) is 0.294. The number of aryl methyl sites for hydroxylation is 1. The van der Waals surface area contributed by atoms with Crippen molar-refractivity contribution in [3.8, 4) is 0 Å². The molecule has 1 N–H and O–H groups in total. The topological polar surface area (TPSA) is 12.0 Å². The molecule has 1 aliphatic rings. The van der Waals surface area contributed by atoms with Crippen LogP contribution in [0.15, 0.2) is 48.5 Å². The summed E-state index contributed by atoms with van der Waals surface area (Å²) in [7, 11) is 0. The van der Waals surface area contributed by atoms with Crippen LogP contribution in [0.3, 0.4) is 0 Å². The predicted molar refractivity (Wildman–Crippen MR) is 80.9 cm³/mol. The third-order valence-electron chi connectivity index (χ3n) is 4.00. The summed E-state index contributed by atoms with van der Waals surface area (Å²) in [6.07, 6.45) is 1.05. The molecular weight excluding hydrogens is 254 g/mol. The van der Waals surface area contributed by atoms with Gasteiger partial charge < -0.3 is 5.32 Å². The monoisotopic (exact) mass is 271 g/mol. The van der Waals surface area contributed by atoms with Crippen LogP contribution in [0.25, 0.3) is 0 Å². The molecule has 1 saturated heterocycles. The molecule has 1 aliphatic heterocycles. The van der Waals surface area contributed by atoms with Crippen molar-refractivity contribution in [3.63, 3.8) is 0 Å². The maximum absolute atomic E-state index is 6.39. The van der Waals surface area contributed by atoms with Crippen molar-refractivity contribution in [2.45, 2.75) is 18.8 Å². The Morgan fingerprint density at radius 1 is 1.11 bits per heavy atom. The Hall–Kier alpha value is -1.31. The summed E-state index contributed by atoms with van der Waals surface area (Å²) < 4.78 is 0. The number of halogens is 1. The van der Waals surface area contributed by atoms with Gasteiger partial charge in [-0.3, -0.25) is 0 Å². The Morgan fingerprint density at radius 2 is 1.89 bits per heavy atom. The fourth-order valence-corrected chi connectivity index (χ4v) is 3.28. The molecule has 3 rings (SSSR count). The highest BCUT2D eigenvalue weighted by molar-refractivity contribution is 6.31. The van der Waals surface area contributed by atoms with Gasteiger partial charge in [-0.25, -0.2) is 0 Å². The van der Waals surface area contributed by atoms with Crippen molar-refractivity contribution in [1.29, 1.82) is 0 Å². The van der Waals surface area contributed by atoms with Gasteiger partial charge in [0.2, 0.25) is 0 Å². The molecule has 1 nitrogen and oxygen atoms in total. The summed E-state index contributed by atoms with van der Waals surface area (Å²) in [6.45, 7) is 4.15. The maximum Gasteiger partial charge on any atom is 0.0444 e. The third kappa shape index (κ3) is 2.41. The van der Waals surface area contributed by atoms with Crippen molar-refractivity contribution in [3.05, 3.63) is 70.2 Å². The van der Waals surface area contributed by atoms with Crippen molar-refractivity contribution < 1.29 is 0 Å². The lowest BCUT2D eigenvalue weighted by Crippen LogP contribution is -2.58. The highest BCUT2D eigenvalue weighted by Crippen LogP contribution is 2.36. The number of nitrogens with one attached hydrogen (secondary N) is 1. The highest BCUT2D eigenvalue weighted by Gasteiger charge is 2.39. The molecule has 2 aromatic rings. The summed E-state index contributed by atoms with van der Waals surface area (Å²) >= 11 is 6.39. The molecule has 0 aliphatic carbocycles. The van der Waals surface area contributed by atoms with Crippen LogP contribution >= 0.6 is 11.6 Å². The Kier molecular flexibility index (Phi) is 3.34. The normalized spacial score (nSPS) is 16.9. The maximum atomic E-state index is 6.39. The molecule has 0 amide bonds. The second-order valence-electron chi connectivity index (χ2n) is 5.53. The van der Waals surface area contributed by atoms with Gasteiger partial charge in [-0.15, -0.1) is 0 Å². The van der Waals surface area contributed by atoms with E-state index in [4.69, 9.17) is 11.6 Å². The first-order valence-corrected chi connectivity index (χ1v) is 7.09. The van der Waals surface area contributed by atoms with Gasteiger partial charge in [0.05, 0.1) is 0 Å². The molecule has 0 saturated carbocycles. The molecule has 0 unspecified atom stereocenters. The summed E-state index contributed by atoms with van der Waals surface area (Å²) in [5, 5.41) is 4.29. The van der Waals surface area contributed by atoms with Crippen molar-refractivity contribution in [2.24, 2.45) is 0 Å². The Balaban J connectivity index is 1.94. The van der Waals surface area contributed by atoms with Gasteiger partial charge in [-0.2, -0.15) is 0 Å². The molecule has 0 bridgehead atoms. The van der Waals surface area contributed by atoms with E-state index in [1.165, 1.54) is 16.7 Å². The molecule has 19 heavy (non-hydrogen) atoms. The third-order valence-corrected chi connectivity index (χ3v) is 4.33. The van der Waals surface area contributed by atoms with Crippen LogP contribution < -0.4 is 5.32 Å². The lowest BCUT2D eigenvalue weighted by Gasteiger charge is -2.44. The van der Waals surface area contributed by atoms with Crippen molar-refractivity contribution in [2.75, 3.05) is 13.1 Å². The zero-order valence-electron chi connectivity index (χ0n) is 11.1. The predicted octanol–water partition coefficient (Wildman–Crippen LogP) is 3.73. The minimum absolute atomic E-state index is 0.159. The van der Waals surface area contributed by atoms with Crippen LogP contribution in [0.1, 0.15) is 16.7 Å². The van der Waals surface area contributed by atoms with Crippen LogP contribution in [0, 0.1) is 6.92 Å². The average molecular weight is 272 g/mol. The summed E-state index contributed by atoms with van der Waals surface area (Å²) in [5.74, 6) is 0. The number of rotatable bonds is 3. The van der Waals surface area contributed by atoms with Crippen LogP contribution in [0.4, 0.5) is 0 Å². The van der Waals surface area contributed by atoms with Crippen molar-refractivity contribution >= 4 is 11.6 Å². The largest absolute Gasteiger partial charge is 0.315 e. The van der Waals surface area contributed by atoms with Gasteiger partial charge >= 0.3 is 0 Å². The van der Waals surface area contributed by atoms with Crippen LogP contribution in [-0.2, 0) is 11.8 Å². The first-order valence-electron chi connectivity index (χ1n) is 6.71. The lowest BCUT2D eigenvalue weighted by molar-refractivity contribution is 0.275. The van der Waals surface area contributed by atoms with E-state index >= 15 is 0 Å². The van der Waals surface area contributed by atoms with E-state index in [1.54, 1.807) is 0 Å². The quantitative estimate of drug-likeness (QED) is 0.897. The van der Waals surface area contributed by atoms with Gasteiger partial charge in [0.15, 0.2) is 0 Å². The van der Waals surface area contributed by atoms with E-state index in [1.807, 2.05) is 12.1 Å².